The molecule has 1 atom stereocenters. The third-order valence-electron chi connectivity index (χ3n) is 3.83. The van der Waals surface area contributed by atoms with E-state index in [-0.39, 0.29) is 29.1 Å². The molecule has 7 heteroatoms. The average molecular weight is 318 g/mol. The van der Waals surface area contributed by atoms with Crippen LogP contribution in [0.4, 0.5) is 4.39 Å². The average Bonchev–Trinajstić information content (AvgIpc) is 3.12. The van der Waals surface area contributed by atoms with Crippen LogP contribution >= 0.6 is 0 Å². The first-order valence-corrected chi connectivity index (χ1v) is 7.57. The van der Waals surface area contributed by atoms with Gasteiger partial charge in [0.05, 0.1) is 23.6 Å². The molecular weight excluding hydrogens is 299 g/mol. The molecule has 1 saturated heterocycles. The highest BCUT2D eigenvalue weighted by molar-refractivity contribution is 5.91. The Kier molecular flexibility index (Phi) is 4.12. The van der Waals surface area contributed by atoms with E-state index in [1.165, 1.54) is 23.1 Å². The van der Waals surface area contributed by atoms with E-state index < -0.39 is 0 Å². The lowest BCUT2D eigenvalue weighted by molar-refractivity contribution is -0.0138. The van der Waals surface area contributed by atoms with Crippen molar-refractivity contribution in [1.29, 1.82) is 0 Å². The minimum absolute atomic E-state index is 0.0288. The number of ether oxygens (including phenoxy) is 1. The third-order valence-corrected chi connectivity index (χ3v) is 3.83. The molecule has 1 N–H and O–H groups in total. The Morgan fingerprint density at radius 3 is 2.83 bits per heavy atom. The number of benzene rings is 1. The third kappa shape index (κ3) is 3.73. The number of carbonyl (C=O) groups excluding carboxylic acids is 1. The van der Waals surface area contributed by atoms with Crippen LogP contribution < -0.4 is 5.32 Å². The van der Waals surface area contributed by atoms with Crippen molar-refractivity contribution >= 4 is 5.91 Å². The Labute approximate surface area is 133 Å². The monoisotopic (exact) mass is 318 g/mol. The van der Waals surface area contributed by atoms with Crippen molar-refractivity contribution in [1.82, 2.24) is 20.3 Å². The lowest BCUT2D eigenvalue weighted by Gasteiger charge is -2.19. The maximum atomic E-state index is 12.9. The predicted molar refractivity (Wildman–Crippen MR) is 81.8 cm³/mol. The molecule has 1 aliphatic rings. The molecule has 0 bridgehead atoms. The van der Waals surface area contributed by atoms with Crippen LogP contribution in [0.3, 0.4) is 0 Å². The summed E-state index contributed by atoms with van der Waals surface area (Å²) in [6, 6.07) is 5.73. The number of amides is 1. The highest BCUT2D eigenvalue weighted by atomic mass is 19.1. The fourth-order valence-electron chi connectivity index (χ4n) is 2.58. The summed E-state index contributed by atoms with van der Waals surface area (Å²) in [5, 5.41) is 11.0. The molecule has 3 rings (SSSR count). The van der Waals surface area contributed by atoms with Crippen LogP contribution in [0.5, 0.6) is 0 Å². The van der Waals surface area contributed by atoms with Crippen LogP contribution in [0.1, 0.15) is 37.2 Å². The molecule has 23 heavy (non-hydrogen) atoms. The Balaban J connectivity index is 1.59. The van der Waals surface area contributed by atoms with Gasteiger partial charge < -0.3 is 10.1 Å². The highest BCUT2D eigenvalue weighted by Crippen LogP contribution is 2.28. The van der Waals surface area contributed by atoms with E-state index >= 15 is 0 Å². The molecule has 2 aromatic rings. The lowest BCUT2D eigenvalue weighted by atomic mass is 10.1. The summed E-state index contributed by atoms with van der Waals surface area (Å²) < 4.78 is 18.7. The quantitative estimate of drug-likeness (QED) is 0.937. The fraction of sp³-hybridized carbons (Fsp3) is 0.438. The molecule has 1 aliphatic heterocycles. The largest absolute Gasteiger partial charge is 0.371 e. The van der Waals surface area contributed by atoms with E-state index in [1.807, 2.05) is 13.8 Å². The molecule has 6 nitrogen and oxygen atoms in total. The van der Waals surface area contributed by atoms with Crippen molar-refractivity contribution in [2.75, 3.05) is 6.54 Å². The minimum atomic E-state index is -0.335. The van der Waals surface area contributed by atoms with Gasteiger partial charge in [0.25, 0.3) is 5.91 Å². The molecule has 0 spiro atoms. The molecule has 1 amide bonds. The van der Waals surface area contributed by atoms with Gasteiger partial charge in [-0.3, -0.25) is 4.79 Å². The van der Waals surface area contributed by atoms with Crippen molar-refractivity contribution in [3.63, 3.8) is 0 Å². The number of rotatable bonds is 4. The first-order valence-electron chi connectivity index (χ1n) is 7.57. The number of hydrogen-bond acceptors (Lipinski definition) is 4. The Morgan fingerprint density at radius 1 is 1.43 bits per heavy atom. The fourth-order valence-corrected chi connectivity index (χ4v) is 2.58. The number of carbonyl (C=O) groups is 1. The van der Waals surface area contributed by atoms with Crippen molar-refractivity contribution in [3.8, 4) is 5.69 Å². The molecule has 0 unspecified atom stereocenters. The van der Waals surface area contributed by atoms with Gasteiger partial charge in [-0.05, 0) is 51.0 Å². The Morgan fingerprint density at radius 2 is 2.17 bits per heavy atom. The van der Waals surface area contributed by atoms with Crippen LogP contribution in [0.25, 0.3) is 5.69 Å². The first-order chi connectivity index (χ1) is 10.9. The Hall–Kier alpha value is -2.28. The van der Waals surface area contributed by atoms with Crippen molar-refractivity contribution in [2.45, 2.75) is 38.4 Å². The minimum Gasteiger partial charge on any atom is -0.371 e. The second-order valence-corrected chi connectivity index (χ2v) is 6.24. The Bertz CT molecular complexity index is 696. The smallest absolute Gasteiger partial charge is 0.273 e. The number of aromatic nitrogens is 3. The maximum absolute atomic E-state index is 12.9. The molecule has 1 fully saturated rings. The van der Waals surface area contributed by atoms with E-state index in [1.54, 1.807) is 12.1 Å². The highest BCUT2D eigenvalue weighted by Gasteiger charge is 2.31. The predicted octanol–water partition coefficient (Wildman–Crippen LogP) is 2.09. The maximum Gasteiger partial charge on any atom is 0.273 e. The standard InChI is InChI=1S/C16H19FN4O2/c1-16(2)8-7-13(23-16)9-18-15(22)14-10-19-21(20-14)12-5-3-11(17)4-6-12/h3-6,10,13H,7-9H2,1-2H3,(H,18,22)/t13-/m1/s1. The van der Waals surface area contributed by atoms with Crippen LogP contribution in [0.15, 0.2) is 30.5 Å². The van der Waals surface area contributed by atoms with Crippen molar-refractivity contribution < 1.29 is 13.9 Å². The molecule has 0 aliphatic carbocycles. The van der Waals surface area contributed by atoms with E-state index in [0.717, 1.165) is 12.8 Å². The van der Waals surface area contributed by atoms with Crippen LogP contribution in [0.2, 0.25) is 0 Å². The zero-order valence-corrected chi connectivity index (χ0v) is 13.1. The van der Waals surface area contributed by atoms with Crippen LogP contribution in [-0.4, -0.2) is 39.2 Å². The zero-order chi connectivity index (χ0) is 16.4. The van der Waals surface area contributed by atoms with E-state index in [4.69, 9.17) is 4.74 Å². The summed E-state index contributed by atoms with van der Waals surface area (Å²) in [5.41, 5.74) is 0.680. The van der Waals surface area contributed by atoms with Gasteiger partial charge >= 0.3 is 0 Å². The molecule has 122 valence electrons. The van der Waals surface area contributed by atoms with Gasteiger partial charge in [-0.15, -0.1) is 5.10 Å². The number of halogens is 1. The summed E-state index contributed by atoms with van der Waals surface area (Å²) in [5.74, 6) is -0.634. The van der Waals surface area contributed by atoms with E-state index in [0.29, 0.717) is 12.2 Å². The molecule has 1 aromatic heterocycles. The van der Waals surface area contributed by atoms with E-state index in [9.17, 15) is 9.18 Å². The molecule has 1 aromatic carbocycles. The zero-order valence-electron chi connectivity index (χ0n) is 13.1. The van der Waals surface area contributed by atoms with Crippen LogP contribution in [0, 0.1) is 5.82 Å². The topological polar surface area (TPSA) is 69.0 Å². The van der Waals surface area contributed by atoms with Gasteiger partial charge in [0.2, 0.25) is 0 Å². The number of nitrogens with one attached hydrogen (secondary N) is 1. The van der Waals surface area contributed by atoms with Gasteiger partial charge in [-0.25, -0.2) is 4.39 Å². The lowest BCUT2D eigenvalue weighted by Crippen LogP contribution is -2.33. The van der Waals surface area contributed by atoms with Gasteiger partial charge in [-0.2, -0.15) is 9.90 Å². The molecule has 0 saturated carbocycles. The summed E-state index contributed by atoms with van der Waals surface area (Å²) in [6.45, 7) is 4.54. The summed E-state index contributed by atoms with van der Waals surface area (Å²) in [4.78, 5) is 13.4. The van der Waals surface area contributed by atoms with Gasteiger partial charge in [-0.1, -0.05) is 0 Å². The molecule has 0 radical (unpaired) electrons. The second-order valence-electron chi connectivity index (χ2n) is 6.24. The summed E-state index contributed by atoms with van der Waals surface area (Å²) in [7, 11) is 0. The van der Waals surface area contributed by atoms with Gasteiger partial charge in [0, 0.05) is 6.54 Å². The van der Waals surface area contributed by atoms with Gasteiger partial charge in [0.15, 0.2) is 5.69 Å². The summed E-state index contributed by atoms with van der Waals surface area (Å²) >= 11 is 0. The number of nitrogens with zero attached hydrogens (tertiary/aromatic N) is 3. The molecular formula is C16H19FN4O2. The first kappa shape index (κ1) is 15.6. The van der Waals surface area contributed by atoms with Crippen LogP contribution in [-0.2, 0) is 4.74 Å². The SMILES string of the molecule is CC1(C)CC[C@H](CNC(=O)c2cnn(-c3ccc(F)cc3)n2)O1. The van der Waals surface area contributed by atoms with Gasteiger partial charge in [0.1, 0.15) is 5.82 Å². The summed E-state index contributed by atoms with van der Waals surface area (Å²) in [6.07, 6.45) is 3.32. The number of hydrogen-bond donors (Lipinski definition) is 1. The second kappa shape index (κ2) is 6.08. The molecule has 2 heterocycles. The normalized spacial score (nSPS) is 19.7. The van der Waals surface area contributed by atoms with E-state index in [2.05, 4.69) is 15.5 Å². The van der Waals surface area contributed by atoms with Crippen molar-refractivity contribution in [3.05, 3.63) is 42.0 Å². The van der Waals surface area contributed by atoms with Crippen molar-refractivity contribution in [2.24, 2.45) is 0 Å².